The van der Waals surface area contributed by atoms with Crippen molar-refractivity contribution in [2.75, 3.05) is 19.8 Å². The second-order valence-electron chi connectivity index (χ2n) is 5.48. The van der Waals surface area contributed by atoms with Gasteiger partial charge < -0.3 is 9.84 Å². The van der Waals surface area contributed by atoms with Crippen molar-refractivity contribution in [3.05, 3.63) is 54.1 Å². The molecule has 0 bridgehead atoms. The smallest absolute Gasteiger partial charge is 0.119 e. The first kappa shape index (κ1) is 14.9. The van der Waals surface area contributed by atoms with Crippen LogP contribution >= 0.6 is 0 Å². The van der Waals surface area contributed by atoms with Crippen molar-refractivity contribution in [3.8, 4) is 5.75 Å². The van der Waals surface area contributed by atoms with Crippen LogP contribution in [0.5, 0.6) is 5.75 Å². The average molecular weight is 299 g/mol. The van der Waals surface area contributed by atoms with Crippen molar-refractivity contribution in [1.82, 2.24) is 14.9 Å². The first-order valence-electron chi connectivity index (χ1n) is 7.69. The van der Waals surface area contributed by atoms with Gasteiger partial charge in [-0.2, -0.15) is 0 Å². The summed E-state index contributed by atoms with van der Waals surface area (Å²) in [6.45, 7) is 2.32. The van der Waals surface area contributed by atoms with Crippen LogP contribution in [0.15, 0.2) is 42.9 Å². The van der Waals surface area contributed by atoms with Gasteiger partial charge >= 0.3 is 0 Å². The van der Waals surface area contributed by atoms with Crippen LogP contribution < -0.4 is 4.74 Å². The molecule has 22 heavy (non-hydrogen) atoms. The monoisotopic (exact) mass is 299 g/mol. The van der Waals surface area contributed by atoms with Crippen molar-refractivity contribution >= 4 is 0 Å². The number of hydrogen-bond acceptors (Lipinski definition) is 5. The number of likely N-dealkylation sites (tertiary alicyclic amines) is 1. The van der Waals surface area contributed by atoms with Crippen LogP contribution in [0, 0.1) is 0 Å². The molecule has 0 aliphatic carbocycles. The molecule has 5 nitrogen and oxygen atoms in total. The summed E-state index contributed by atoms with van der Waals surface area (Å²) in [7, 11) is 0. The minimum Gasteiger partial charge on any atom is -0.491 e. The molecule has 0 spiro atoms. The normalized spacial score (nSPS) is 18.5. The molecular weight excluding hydrogens is 278 g/mol. The van der Waals surface area contributed by atoms with Crippen molar-refractivity contribution in [2.45, 2.75) is 25.4 Å². The fraction of sp³-hybridized carbons (Fsp3) is 0.412. The molecule has 1 saturated heterocycles. The first-order valence-corrected chi connectivity index (χ1v) is 7.69. The second-order valence-corrected chi connectivity index (χ2v) is 5.48. The number of ether oxygens (including phenoxy) is 1. The number of rotatable bonds is 6. The summed E-state index contributed by atoms with van der Waals surface area (Å²) in [6.07, 6.45) is 5.75. The van der Waals surface area contributed by atoms with Crippen LogP contribution in [0.4, 0.5) is 0 Å². The van der Waals surface area contributed by atoms with Crippen molar-refractivity contribution < 1.29 is 9.84 Å². The molecule has 3 rings (SSSR count). The number of aliphatic hydroxyl groups excluding tert-OH is 1. The van der Waals surface area contributed by atoms with Crippen LogP contribution in [0.2, 0.25) is 0 Å². The van der Waals surface area contributed by atoms with E-state index in [9.17, 15) is 0 Å². The highest BCUT2D eigenvalue weighted by Crippen LogP contribution is 2.32. The largest absolute Gasteiger partial charge is 0.491 e. The Kier molecular flexibility index (Phi) is 4.98. The molecule has 1 aromatic carbocycles. The maximum atomic E-state index is 8.84. The Hall–Kier alpha value is -1.98. The van der Waals surface area contributed by atoms with Gasteiger partial charge in [0.2, 0.25) is 0 Å². The lowest BCUT2D eigenvalue weighted by Gasteiger charge is -2.24. The highest BCUT2D eigenvalue weighted by molar-refractivity contribution is 5.28. The van der Waals surface area contributed by atoms with E-state index in [0.29, 0.717) is 12.6 Å². The molecule has 0 saturated carbocycles. The van der Waals surface area contributed by atoms with E-state index in [1.165, 1.54) is 12.0 Å². The number of benzene rings is 1. The molecule has 0 radical (unpaired) electrons. The zero-order chi connectivity index (χ0) is 15.2. The standard InChI is InChI=1S/C17H21N3O2/c21-9-10-22-15-4-1-3-14(11-15)12-20-8-2-5-17(20)16-6-7-18-13-19-16/h1,3-4,6-7,11,13,17,21H,2,5,8-10,12H2/t17-/m1/s1. The molecule has 1 atom stereocenters. The fourth-order valence-corrected chi connectivity index (χ4v) is 2.98. The first-order chi connectivity index (χ1) is 10.9. The quantitative estimate of drug-likeness (QED) is 0.886. The third-order valence-corrected chi connectivity index (χ3v) is 3.95. The molecule has 0 amide bonds. The van der Waals surface area contributed by atoms with Gasteiger partial charge in [0.1, 0.15) is 18.7 Å². The van der Waals surface area contributed by atoms with Gasteiger partial charge in [-0.25, -0.2) is 9.97 Å². The van der Waals surface area contributed by atoms with Gasteiger partial charge in [0, 0.05) is 12.7 Å². The Labute approximate surface area is 130 Å². The molecule has 5 heteroatoms. The van der Waals surface area contributed by atoms with E-state index in [2.05, 4.69) is 20.9 Å². The number of hydrogen-bond donors (Lipinski definition) is 1. The molecule has 1 aromatic heterocycles. The molecular formula is C17H21N3O2. The predicted octanol–water partition coefficient (Wildman–Crippen LogP) is 2.18. The van der Waals surface area contributed by atoms with Gasteiger partial charge in [0.05, 0.1) is 18.3 Å². The maximum absolute atomic E-state index is 8.84. The Balaban J connectivity index is 1.69. The summed E-state index contributed by atoms with van der Waals surface area (Å²) in [5, 5.41) is 8.84. The minimum absolute atomic E-state index is 0.0339. The van der Waals surface area contributed by atoms with E-state index in [4.69, 9.17) is 9.84 Å². The SMILES string of the molecule is OCCOc1cccc(CN2CCC[C@@H]2c2ccncn2)c1. The van der Waals surface area contributed by atoms with Crippen molar-refractivity contribution in [2.24, 2.45) is 0 Å². The number of nitrogens with zero attached hydrogens (tertiary/aromatic N) is 3. The van der Waals surface area contributed by atoms with Crippen molar-refractivity contribution in [3.63, 3.8) is 0 Å². The van der Waals surface area contributed by atoms with E-state index in [1.54, 1.807) is 6.33 Å². The van der Waals surface area contributed by atoms with Gasteiger partial charge in [0.25, 0.3) is 0 Å². The van der Waals surface area contributed by atoms with E-state index < -0.39 is 0 Å². The summed E-state index contributed by atoms with van der Waals surface area (Å²) in [4.78, 5) is 10.9. The predicted molar refractivity (Wildman–Crippen MR) is 83.4 cm³/mol. The van der Waals surface area contributed by atoms with Crippen LogP contribution in [-0.2, 0) is 6.54 Å². The van der Waals surface area contributed by atoms with Gasteiger partial charge in [-0.05, 0) is 43.1 Å². The summed E-state index contributed by atoms with van der Waals surface area (Å²) >= 11 is 0. The fourth-order valence-electron chi connectivity index (χ4n) is 2.98. The number of aliphatic hydroxyl groups is 1. The lowest BCUT2D eigenvalue weighted by atomic mass is 10.1. The Morgan fingerprint density at radius 3 is 3.09 bits per heavy atom. The Bertz CT molecular complexity index is 591. The van der Waals surface area contributed by atoms with E-state index >= 15 is 0 Å². The molecule has 0 unspecified atom stereocenters. The van der Waals surface area contributed by atoms with E-state index in [1.807, 2.05) is 30.5 Å². The Morgan fingerprint density at radius 2 is 2.27 bits per heavy atom. The van der Waals surface area contributed by atoms with Crippen molar-refractivity contribution in [1.29, 1.82) is 0 Å². The van der Waals surface area contributed by atoms with Crippen LogP contribution in [-0.4, -0.2) is 39.7 Å². The van der Waals surface area contributed by atoms with E-state index in [0.717, 1.165) is 31.0 Å². The minimum atomic E-state index is 0.0339. The van der Waals surface area contributed by atoms with Crippen LogP contribution in [0.25, 0.3) is 0 Å². The van der Waals surface area contributed by atoms with Gasteiger partial charge in [-0.1, -0.05) is 12.1 Å². The molecule has 2 aromatic rings. The summed E-state index contributed by atoms with van der Waals surface area (Å²) in [5.41, 5.74) is 2.32. The lowest BCUT2D eigenvalue weighted by Crippen LogP contribution is -2.23. The molecule has 1 aliphatic heterocycles. The molecule has 1 N–H and O–H groups in total. The van der Waals surface area contributed by atoms with Gasteiger partial charge in [-0.15, -0.1) is 0 Å². The van der Waals surface area contributed by atoms with Crippen LogP contribution in [0.3, 0.4) is 0 Å². The summed E-state index contributed by atoms with van der Waals surface area (Å²) in [6, 6.07) is 10.4. The zero-order valence-electron chi connectivity index (χ0n) is 12.6. The average Bonchev–Trinajstić information content (AvgIpc) is 3.02. The third-order valence-electron chi connectivity index (χ3n) is 3.95. The second kappa shape index (κ2) is 7.33. The third kappa shape index (κ3) is 3.61. The maximum Gasteiger partial charge on any atom is 0.119 e. The molecule has 116 valence electrons. The number of aromatic nitrogens is 2. The van der Waals surface area contributed by atoms with Gasteiger partial charge in [0.15, 0.2) is 0 Å². The van der Waals surface area contributed by atoms with E-state index in [-0.39, 0.29) is 6.61 Å². The zero-order valence-corrected chi connectivity index (χ0v) is 12.6. The summed E-state index contributed by atoms with van der Waals surface area (Å²) < 4.78 is 5.48. The molecule has 2 heterocycles. The highest BCUT2D eigenvalue weighted by Gasteiger charge is 2.26. The topological polar surface area (TPSA) is 58.5 Å². The molecule has 1 aliphatic rings. The lowest BCUT2D eigenvalue weighted by molar-refractivity contribution is 0.200. The molecule has 1 fully saturated rings. The highest BCUT2D eigenvalue weighted by atomic mass is 16.5. The summed E-state index contributed by atoms with van der Waals surface area (Å²) in [5.74, 6) is 0.810. The Morgan fingerprint density at radius 1 is 1.32 bits per heavy atom. The van der Waals surface area contributed by atoms with Crippen LogP contribution in [0.1, 0.15) is 30.1 Å². The van der Waals surface area contributed by atoms with Gasteiger partial charge in [-0.3, -0.25) is 4.90 Å².